The Morgan fingerprint density at radius 2 is 1.83 bits per heavy atom. The van der Waals surface area contributed by atoms with Gasteiger partial charge in [-0.3, -0.25) is 14.5 Å². The number of aromatic nitrogens is 1. The molecule has 8 nitrogen and oxygen atoms in total. The minimum Gasteiger partial charge on any atom is -0.344 e. The van der Waals surface area contributed by atoms with E-state index in [0.717, 1.165) is 29.9 Å². The van der Waals surface area contributed by atoms with Crippen LogP contribution in [0, 0.1) is 13.8 Å². The lowest BCUT2D eigenvalue weighted by molar-refractivity contribution is -0.134. The van der Waals surface area contributed by atoms with Gasteiger partial charge in [0.15, 0.2) is 15.6 Å². The fourth-order valence-corrected chi connectivity index (χ4v) is 7.20. The third-order valence-electron chi connectivity index (χ3n) is 7.14. The maximum Gasteiger partial charge on any atom is 0.327 e. The van der Waals surface area contributed by atoms with Gasteiger partial charge in [0.2, 0.25) is 0 Å². The highest BCUT2D eigenvalue weighted by molar-refractivity contribution is 7.91. The van der Waals surface area contributed by atoms with Crippen LogP contribution < -0.4 is 0 Å². The van der Waals surface area contributed by atoms with E-state index in [4.69, 9.17) is 0 Å². The van der Waals surface area contributed by atoms with Gasteiger partial charge in [0.05, 0.1) is 18.1 Å². The average Bonchev–Trinajstić information content (AvgIpc) is 3.26. The zero-order valence-corrected chi connectivity index (χ0v) is 18.6. The van der Waals surface area contributed by atoms with Crippen molar-refractivity contribution in [2.24, 2.45) is 0 Å². The Morgan fingerprint density at radius 1 is 1.17 bits per heavy atom. The smallest absolute Gasteiger partial charge is 0.327 e. The predicted octanol–water partition coefficient (Wildman–Crippen LogP) is 2.24. The second-order valence-corrected chi connectivity index (χ2v) is 11.2. The Kier molecular flexibility index (Phi) is 5.07. The molecule has 3 amide bonds. The molecule has 3 aliphatic rings. The molecule has 1 aromatic rings. The Labute approximate surface area is 177 Å². The Hall–Kier alpha value is -2.16. The molecule has 2 saturated heterocycles. The minimum absolute atomic E-state index is 0.0768. The molecule has 4 rings (SSSR count). The molecule has 2 aliphatic heterocycles. The van der Waals surface area contributed by atoms with Crippen LogP contribution in [0.3, 0.4) is 0 Å². The first kappa shape index (κ1) is 21.1. The number of nitrogens with zero attached hydrogens (tertiary/aromatic N) is 3. The Morgan fingerprint density at radius 3 is 2.43 bits per heavy atom. The fourth-order valence-electron chi connectivity index (χ4n) is 5.50. The SMILES string of the molecule is Cc1cc(C(=O)CN2C(=O)N(C)C3(CCCCC3)C2=O)c(C)n1C1CCS(=O)(=O)C1. The van der Waals surface area contributed by atoms with Gasteiger partial charge in [0.1, 0.15) is 5.54 Å². The summed E-state index contributed by atoms with van der Waals surface area (Å²) < 4.78 is 25.7. The first-order valence-electron chi connectivity index (χ1n) is 10.6. The summed E-state index contributed by atoms with van der Waals surface area (Å²) in [6, 6.07) is 1.16. The van der Waals surface area contributed by atoms with Crippen LogP contribution in [0.2, 0.25) is 0 Å². The molecular weight excluding hydrogens is 406 g/mol. The molecule has 1 saturated carbocycles. The van der Waals surface area contributed by atoms with E-state index in [9.17, 15) is 22.8 Å². The molecule has 30 heavy (non-hydrogen) atoms. The van der Waals surface area contributed by atoms with E-state index in [0.29, 0.717) is 30.5 Å². The highest BCUT2D eigenvalue weighted by Gasteiger charge is 2.55. The predicted molar refractivity (Wildman–Crippen MR) is 111 cm³/mol. The van der Waals surface area contributed by atoms with Crippen molar-refractivity contribution in [1.29, 1.82) is 0 Å². The zero-order valence-electron chi connectivity index (χ0n) is 17.8. The van der Waals surface area contributed by atoms with E-state index in [-0.39, 0.29) is 35.8 Å². The van der Waals surface area contributed by atoms with E-state index in [1.807, 2.05) is 11.5 Å². The van der Waals surface area contributed by atoms with E-state index < -0.39 is 21.4 Å². The second-order valence-electron chi connectivity index (χ2n) is 8.96. The van der Waals surface area contributed by atoms with Crippen molar-refractivity contribution in [2.75, 3.05) is 25.1 Å². The number of carbonyl (C=O) groups is 3. The molecule has 1 atom stereocenters. The van der Waals surface area contributed by atoms with E-state index >= 15 is 0 Å². The van der Waals surface area contributed by atoms with Crippen LogP contribution in [-0.4, -0.2) is 71.1 Å². The lowest BCUT2D eigenvalue weighted by Crippen LogP contribution is -2.49. The molecule has 3 fully saturated rings. The van der Waals surface area contributed by atoms with Crippen LogP contribution >= 0.6 is 0 Å². The number of amides is 3. The Balaban J connectivity index is 1.57. The number of imide groups is 1. The first-order chi connectivity index (χ1) is 14.1. The highest BCUT2D eigenvalue weighted by atomic mass is 32.2. The third kappa shape index (κ3) is 3.18. The van der Waals surface area contributed by atoms with Gasteiger partial charge >= 0.3 is 6.03 Å². The molecular formula is C21H29N3O5S. The summed E-state index contributed by atoms with van der Waals surface area (Å²) >= 11 is 0. The lowest BCUT2D eigenvalue weighted by Gasteiger charge is -2.35. The standard InChI is InChI=1S/C21H29N3O5S/c1-14-11-17(15(2)24(14)16-7-10-30(28,29)13-16)18(25)12-23-19(26)21(22(3)20(23)27)8-5-4-6-9-21/h11,16H,4-10,12-13H2,1-3H3. The van der Waals surface area contributed by atoms with Gasteiger partial charge in [-0.2, -0.15) is 0 Å². The average molecular weight is 436 g/mol. The molecule has 0 bridgehead atoms. The van der Waals surface area contributed by atoms with Crippen molar-refractivity contribution in [2.45, 2.75) is 64.0 Å². The summed E-state index contributed by atoms with van der Waals surface area (Å²) in [4.78, 5) is 41.7. The van der Waals surface area contributed by atoms with Crippen LogP contribution in [0.15, 0.2) is 6.07 Å². The van der Waals surface area contributed by atoms with E-state index in [2.05, 4.69) is 0 Å². The summed E-state index contributed by atoms with van der Waals surface area (Å²) in [5.41, 5.74) is 1.16. The number of rotatable bonds is 4. The number of carbonyl (C=O) groups excluding carboxylic acids is 3. The largest absolute Gasteiger partial charge is 0.344 e. The van der Waals surface area contributed by atoms with Gasteiger partial charge in [-0.05, 0) is 39.2 Å². The van der Waals surface area contributed by atoms with Crippen LogP contribution in [0.5, 0.6) is 0 Å². The summed E-state index contributed by atoms with van der Waals surface area (Å²) in [5, 5.41) is 0. The van der Waals surface area contributed by atoms with Gasteiger partial charge in [-0.15, -0.1) is 0 Å². The lowest BCUT2D eigenvalue weighted by atomic mass is 9.80. The van der Waals surface area contributed by atoms with E-state index in [1.54, 1.807) is 20.0 Å². The zero-order chi connectivity index (χ0) is 21.8. The van der Waals surface area contributed by atoms with Crippen LogP contribution in [-0.2, 0) is 14.6 Å². The number of likely N-dealkylation sites (N-methyl/N-ethyl adjacent to an activating group) is 1. The van der Waals surface area contributed by atoms with Crippen LogP contribution in [0.4, 0.5) is 4.79 Å². The van der Waals surface area contributed by atoms with Crippen molar-refractivity contribution >= 4 is 27.6 Å². The van der Waals surface area contributed by atoms with Crippen molar-refractivity contribution < 1.29 is 22.8 Å². The number of Topliss-reactive ketones (excluding diaryl/α,β-unsaturated/α-hetero) is 1. The third-order valence-corrected chi connectivity index (χ3v) is 8.89. The number of hydrogen-bond donors (Lipinski definition) is 0. The summed E-state index contributed by atoms with van der Waals surface area (Å²) in [7, 11) is -1.40. The molecule has 9 heteroatoms. The number of hydrogen-bond acceptors (Lipinski definition) is 5. The molecule has 1 unspecified atom stereocenters. The monoisotopic (exact) mass is 435 g/mol. The summed E-state index contributed by atoms with van der Waals surface area (Å²) in [5.74, 6) is -0.326. The molecule has 0 N–H and O–H groups in total. The maximum atomic E-state index is 13.1. The van der Waals surface area contributed by atoms with Crippen LogP contribution in [0.1, 0.15) is 66.3 Å². The number of sulfone groups is 1. The molecule has 164 valence electrons. The normalized spacial score (nSPS) is 25.5. The molecule has 0 radical (unpaired) electrons. The van der Waals surface area contributed by atoms with E-state index in [1.165, 1.54) is 4.90 Å². The Bertz CT molecular complexity index is 1020. The van der Waals surface area contributed by atoms with Gasteiger partial charge in [0, 0.05) is 30.0 Å². The van der Waals surface area contributed by atoms with Gasteiger partial charge in [-0.25, -0.2) is 13.2 Å². The highest BCUT2D eigenvalue weighted by Crippen LogP contribution is 2.39. The first-order valence-corrected chi connectivity index (χ1v) is 12.4. The number of aryl methyl sites for hydroxylation is 1. The van der Waals surface area contributed by atoms with Crippen molar-refractivity contribution in [3.63, 3.8) is 0 Å². The van der Waals surface area contributed by atoms with Crippen molar-refractivity contribution in [3.8, 4) is 0 Å². The summed E-state index contributed by atoms with van der Waals surface area (Å²) in [6.45, 7) is 3.37. The molecule has 1 aliphatic carbocycles. The van der Waals surface area contributed by atoms with Crippen molar-refractivity contribution in [3.05, 3.63) is 23.0 Å². The van der Waals surface area contributed by atoms with Crippen molar-refractivity contribution in [1.82, 2.24) is 14.4 Å². The second kappa shape index (κ2) is 7.21. The molecule has 0 aromatic carbocycles. The van der Waals surface area contributed by atoms with Gasteiger partial charge in [-0.1, -0.05) is 19.3 Å². The molecule has 1 aromatic heterocycles. The quantitative estimate of drug-likeness (QED) is 0.534. The molecule has 3 heterocycles. The number of urea groups is 1. The molecule has 1 spiro atoms. The fraction of sp³-hybridized carbons (Fsp3) is 0.667. The maximum absolute atomic E-state index is 13.1. The number of ketones is 1. The van der Waals surface area contributed by atoms with Gasteiger partial charge < -0.3 is 9.47 Å². The topological polar surface area (TPSA) is 96.8 Å². The minimum atomic E-state index is -3.05. The summed E-state index contributed by atoms with van der Waals surface area (Å²) in [6.07, 6.45) is 4.67. The van der Waals surface area contributed by atoms with Gasteiger partial charge in [0.25, 0.3) is 5.91 Å². The van der Waals surface area contributed by atoms with Crippen LogP contribution in [0.25, 0.3) is 0 Å².